The van der Waals surface area contributed by atoms with Crippen molar-refractivity contribution >= 4 is 17.2 Å². The monoisotopic (exact) mass is 481 g/mol. The summed E-state index contributed by atoms with van der Waals surface area (Å²) in [7, 11) is 0. The van der Waals surface area contributed by atoms with Crippen molar-refractivity contribution < 1.29 is 5.11 Å². The van der Waals surface area contributed by atoms with Gasteiger partial charge in [-0.2, -0.15) is 5.10 Å². The molecular weight excluding hydrogens is 454 g/mol. The number of hydrogen-bond acceptors (Lipinski definition) is 9. The molecule has 0 aliphatic carbocycles. The van der Waals surface area contributed by atoms with Crippen LogP contribution in [-0.2, 0) is 6.54 Å². The van der Waals surface area contributed by atoms with E-state index >= 15 is 0 Å². The van der Waals surface area contributed by atoms with Gasteiger partial charge in [-0.15, -0.1) is 10.2 Å². The number of pyridine rings is 1. The van der Waals surface area contributed by atoms with Crippen molar-refractivity contribution in [3.8, 4) is 28.8 Å². The Balaban J connectivity index is 1.33. The van der Waals surface area contributed by atoms with Gasteiger partial charge in [0.2, 0.25) is 0 Å². The highest BCUT2D eigenvalue weighted by molar-refractivity contribution is 5.74. The third-order valence-corrected chi connectivity index (χ3v) is 6.28. The van der Waals surface area contributed by atoms with Gasteiger partial charge < -0.3 is 20.6 Å². The third-order valence-electron chi connectivity index (χ3n) is 6.28. The van der Waals surface area contributed by atoms with Crippen molar-refractivity contribution in [1.82, 2.24) is 29.9 Å². The van der Waals surface area contributed by atoms with E-state index in [0.717, 1.165) is 43.1 Å². The fourth-order valence-corrected chi connectivity index (χ4v) is 4.34. The Bertz CT molecular complexity index is 1390. The van der Waals surface area contributed by atoms with Gasteiger partial charge in [-0.1, -0.05) is 18.1 Å². The highest BCUT2D eigenvalue weighted by Gasteiger charge is 2.24. The molecule has 182 valence electrons. The summed E-state index contributed by atoms with van der Waals surface area (Å²) in [5, 5.41) is 22.7. The van der Waals surface area contributed by atoms with Crippen molar-refractivity contribution in [2.75, 3.05) is 35.2 Å². The zero-order chi connectivity index (χ0) is 24.9. The van der Waals surface area contributed by atoms with Gasteiger partial charge in [-0.3, -0.25) is 0 Å². The Morgan fingerprint density at radius 1 is 1.11 bits per heavy atom. The number of rotatable bonds is 4. The summed E-state index contributed by atoms with van der Waals surface area (Å²) in [5.41, 5.74) is 10.1. The largest absolute Gasteiger partial charge is 0.507 e. The van der Waals surface area contributed by atoms with Crippen molar-refractivity contribution in [2.24, 2.45) is 0 Å². The van der Waals surface area contributed by atoms with Gasteiger partial charge in [0.25, 0.3) is 0 Å². The summed E-state index contributed by atoms with van der Waals surface area (Å²) < 4.78 is 1.67. The van der Waals surface area contributed by atoms with Crippen LogP contribution in [0.5, 0.6) is 5.75 Å². The minimum absolute atomic E-state index is 0.163. The molecule has 10 heteroatoms. The molecule has 3 N–H and O–H groups in total. The molecule has 0 saturated carbocycles. The summed E-state index contributed by atoms with van der Waals surface area (Å²) in [6.07, 6.45) is 5.86. The summed E-state index contributed by atoms with van der Waals surface area (Å²) in [6.45, 7) is 5.07. The molecule has 1 aliphatic rings. The lowest BCUT2D eigenvalue weighted by Crippen LogP contribution is -2.35. The van der Waals surface area contributed by atoms with Crippen LogP contribution in [0.2, 0.25) is 0 Å². The Kier molecular flexibility index (Phi) is 6.62. The van der Waals surface area contributed by atoms with E-state index in [2.05, 4.69) is 53.8 Å². The predicted molar refractivity (Wildman–Crippen MR) is 138 cm³/mol. The van der Waals surface area contributed by atoms with Crippen molar-refractivity contribution in [1.29, 1.82) is 0 Å². The Morgan fingerprint density at radius 3 is 2.83 bits per heavy atom. The normalized spacial score (nSPS) is 15.8. The fraction of sp³-hybridized carbons (Fsp3) is 0.269. The number of anilines is 3. The molecule has 36 heavy (non-hydrogen) atoms. The second-order valence-electron chi connectivity index (χ2n) is 8.63. The second-order valence-corrected chi connectivity index (χ2v) is 8.63. The standard InChI is InChI=1S/C26H27N9O/c1-19-9-12-33(24-16-23(31-32-26(24)27)22-6-2-3-7-25(22)36)13-14-35(19)21-8-10-29-20(15-21)5-4-11-34-18-28-17-30-34/h2-3,6-8,10,15-19,36H,9,11-14H2,1H3,(H2,27,32)/t19-/m1/s1. The van der Waals surface area contributed by atoms with Crippen LogP contribution < -0.4 is 15.5 Å². The average Bonchev–Trinajstić information content (AvgIpc) is 3.33. The molecule has 4 aromatic rings. The lowest BCUT2D eigenvalue weighted by molar-refractivity contribution is 0.477. The van der Waals surface area contributed by atoms with Gasteiger partial charge in [-0.25, -0.2) is 14.6 Å². The number of nitrogen functional groups attached to an aromatic ring is 1. The maximum absolute atomic E-state index is 10.3. The van der Waals surface area contributed by atoms with Crippen LogP contribution in [-0.4, -0.2) is 60.7 Å². The number of aromatic nitrogens is 6. The molecule has 1 saturated heterocycles. The molecule has 1 atom stereocenters. The zero-order valence-electron chi connectivity index (χ0n) is 20.0. The van der Waals surface area contributed by atoms with Gasteiger partial charge >= 0.3 is 0 Å². The Labute approximate surface area is 209 Å². The first-order valence-electron chi connectivity index (χ1n) is 11.8. The molecule has 1 fully saturated rings. The van der Waals surface area contributed by atoms with E-state index in [-0.39, 0.29) is 5.75 Å². The maximum atomic E-state index is 10.3. The van der Waals surface area contributed by atoms with Crippen LogP contribution in [0.1, 0.15) is 19.0 Å². The van der Waals surface area contributed by atoms with Crippen molar-refractivity contribution in [3.05, 3.63) is 67.0 Å². The lowest BCUT2D eigenvalue weighted by Gasteiger charge is -2.29. The first kappa shape index (κ1) is 23.1. The third kappa shape index (κ3) is 5.05. The number of nitrogens with zero attached hydrogens (tertiary/aromatic N) is 8. The number of para-hydroxylation sites is 1. The van der Waals surface area contributed by atoms with Crippen LogP contribution in [0.15, 0.2) is 61.3 Å². The van der Waals surface area contributed by atoms with E-state index in [1.165, 1.54) is 6.33 Å². The summed E-state index contributed by atoms with van der Waals surface area (Å²) in [6, 6.07) is 13.4. The average molecular weight is 482 g/mol. The van der Waals surface area contributed by atoms with Gasteiger partial charge in [-0.05, 0) is 49.6 Å². The number of nitrogens with two attached hydrogens (primary N) is 1. The topological polar surface area (TPSA) is 122 Å². The van der Waals surface area contributed by atoms with Gasteiger partial charge in [0.1, 0.15) is 30.6 Å². The van der Waals surface area contributed by atoms with Crippen LogP contribution in [0.25, 0.3) is 11.3 Å². The molecule has 5 rings (SSSR count). The zero-order valence-corrected chi connectivity index (χ0v) is 20.0. The smallest absolute Gasteiger partial charge is 0.169 e. The molecule has 1 aromatic carbocycles. The summed E-state index contributed by atoms with van der Waals surface area (Å²) in [4.78, 5) is 13.0. The number of phenolic OH excluding ortho intramolecular Hbond substituents is 1. The molecule has 0 amide bonds. The van der Waals surface area contributed by atoms with Crippen LogP contribution in [0, 0.1) is 11.8 Å². The van der Waals surface area contributed by atoms with Crippen molar-refractivity contribution in [2.45, 2.75) is 25.9 Å². The molecule has 0 unspecified atom stereocenters. The van der Waals surface area contributed by atoms with E-state index in [1.807, 2.05) is 30.3 Å². The van der Waals surface area contributed by atoms with Crippen molar-refractivity contribution in [3.63, 3.8) is 0 Å². The van der Waals surface area contributed by atoms with Crippen LogP contribution in [0.3, 0.4) is 0 Å². The minimum Gasteiger partial charge on any atom is -0.507 e. The van der Waals surface area contributed by atoms with E-state index in [9.17, 15) is 5.11 Å². The highest BCUT2D eigenvalue weighted by Crippen LogP contribution is 2.32. The molecule has 10 nitrogen and oxygen atoms in total. The Hall–Kier alpha value is -4.65. The maximum Gasteiger partial charge on any atom is 0.169 e. The SMILES string of the molecule is C[C@@H]1CCN(c2cc(-c3ccccc3O)nnc2N)CCN1c1ccnc(C#CCn2cncn2)c1. The number of hydrogen-bond donors (Lipinski definition) is 2. The molecule has 0 bridgehead atoms. The number of aromatic hydroxyl groups is 1. The fourth-order valence-electron chi connectivity index (χ4n) is 4.34. The molecule has 0 spiro atoms. The van der Waals surface area contributed by atoms with E-state index in [0.29, 0.717) is 29.7 Å². The number of benzene rings is 1. The number of phenols is 1. The van der Waals surface area contributed by atoms with Gasteiger partial charge in [0.15, 0.2) is 5.82 Å². The molecule has 3 aromatic heterocycles. The first-order chi connectivity index (χ1) is 17.6. The van der Waals surface area contributed by atoms with Crippen LogP contribution >= 0.6 is 0 Å². The molecule has 1 aliphatic heterocycles. The molecular formula is C26H27N9O. The highest BCUT2D eigenvalue weighted by atomic mass is 16.3. The van der Waals surface area contributed by atoms with Crippen LogP contribution in [0.4, 0.5) is 17.2 Å². The van der Waals surface area contributed by atoms with Gasteiger partial charge in [0.05, 0.1) is 11.4 Å². The summed E-state index contributed by atoms with van der Waals surface area (Å²) >= 11 is 0. The minimum atomic E-state index is 0.163. The quantitative estimate of drug-likeness (QED) is 0.424. The lowest BCUT2D eigenvalue weighted by atomic mass is 10.1. The van der Waals surface area contributed by atoms with E-state index < -0.39 is 0 Å². The summed E-state index contributed by atoms with van der Waals surface area (Å²) in [5.74, 6) is 6.76. The first-order valence-corrected chi connectivity index (χ1v) is 11.8. The van der Waals surface area contributed by atoms with E-state index in [4.69, 9.17) is 5.73 Å². The molecule has 0 radical (unpaired) electrons. The molecule has 4 heterocycles. The predicted octanol–water partition coefficient (Wildman–Crippen LogP) is 2.57. The van der Waals surface area contributed by atoms with Gasteiger partial charge in [0, 0.05) is 43.1 Å². The Morgan fingerprint density at radius 2 is 2.00 bits per heavy atom. The second kappa shape index (κ2) is 10.3. The van der Waals surface area contributed by atoms with E-state index in [1.54, 1.807) is 29.3 Å².